The van der Waals surface area contributed by atoms with Crippen molar-refractivity contribution in [1.82, 2.24) is 9.97 Å². The first-order valence-electron chi connectivity index (χ1n) is 6.32. The molecule has 0 bridgehead atoms. The van der Waals surface area contributed by atoms with Gasteiger partial charge in [-0.15, -0.1) is 0 Å². The van der Waals surface area contributed by atoms with Crippen molar-refractivity contribution in [1.29, 1.82) is 0 Å². The molecule has 2 rings (SSSR count). The molecule has 122 valence electrons. The lowest BCUT2D eigenvalue weighted by Gasteiger charge is -2.15. The summed E-state index contributed by atoms with van der Waals surface area (Å²) in [5, 5.41) is 1.82. The topological polar surface area (TPSA) is 54.9 Å². The molecule has 0 saturated carbocycles. The highest BCUT2D eigenvalue weighted by Gasteiger charge is 2.35. The Morgan fingerprint density at radius 2 is 2.00 bits per heavy atom. The number of amides is 1. The fourth-order valence-corrected chi connectivity index (χ4v) is 2.35. The number of carbonyl (C=O) groups excluding carboxylic acids is 1. The van der Waals surface area contributed by atoms with Gasteiger partial charge in [0.1, 0.15) is 5.15 Å². The number of anilines is 1. The van der Waals surface area contributed by atoms with Crippen LogP contribution in [0.25, 0.3) is 0 Å². The van der Waals surface area contributed by atoms with E-state index in [2.05, 4.69) is 15.3 Å². The molecular formula is C14H10Cl2F3N3O. The van der Waals surface area contributed by atoms with E-state index in [1.807, 2.05) is 0 Å². The van der Waals surface area contributed by atoms with Crippen LogP contribution in [0.2, 0.25) is 10.3 Å². The Kier molecular flexibility index (Phi) is 5.11. The number of hydrogen-bond donors (Lipinski definition) is 1. The van der Waals surface area contributed by atoms with E-state index in [1.54, 1.807) is 12.1 Å². The SMILES string of the molecule is Cc1cc(C(F)(F)F)c(NC(=O)Cc2cccnc2Cl)c(Cl)n1. The van der Waals surface area contributed by atoms with Crippen molar-refractivity contribution in [2.45, 2.75) is 19.5 Å². The molecule has 0 fully saturated rings. The van der Waals surface area contributed by atoms with E-state index in [0.29, 0.717) is 5.56 Å². The van der Waals surface area contributed by atoms with Gasteiger partial charge in [-0.3, -0.25) is 4.79 Å². The minimum absolute atomic E-state index is 0.0932. The van der Waals surface area contributed by atoms with Gasteiger partial charge in [-0.2, -0.15) is 13.2 Å². The van der Waals surface area contributed by atoms with Gasteiger partial charge in [0.05, 0.1) is 17.7 Å². The number of aryl methyl sites for hydroxylation is 1. The molecule has 0 aliphatic carbocycles. The van der Waals surface area contributed by atoms with Gasteiger partial charge < -0.3 is 5.32 Å². The summed E-state index contributed by atoms with van der Waals surface area (Å²) in [7, 11) is 0. The summed E-state index contributed by atoms with van der Waals surface area (Å²) < 4.78 is 39.2. The fraction of sp³-hybridized carbons (Fsp3) is 0.214. The lowest BCUT2D eigenvalue weighted by atomic mass is 10.1. The lowest BCUT2D eigenvalue weighted by molar-refractivity contribution is -0.137. The maximum absolute atomic E-state index is 13.1. The van der Waals surface area contributed by atoms with Crippen molar-refractivity contribution in [3.8, 4) is 0 Å². The second-order valence-electron chi connectivity index (χ2n) is 4.65. The molecule has 0 aliphatic heterocycles. The standard InChI is InChI=1S/C14H10Cl2F3N3O/c1-7-5-9(14(17,18)19)11(13(16)21-7)22-10(23)6-8-3-2-4-20-12(8)15/h2-5H,6H2,1H3,(H,22,23). The van der Waals surface area contributed by atoms with Crippen LogP contribution in [0, 0.1) is 6.92 Å². The van der Waals surface area contributed by atoms with E-state index < -0.39 is 28.5 Å². The monoisotopic (exact) mass is 363 g/mol. The highest BCUT2D eigenvalue weighted by atomic mass is 35.5. The number of nitrogens with one attached hydrogen (secondary N) is 1. The molecule has 2 aromatic rings. The Balaban J connectivity index is 2.29. The number of rotatable bonds is 3. The smallest absolute Gasteiger partial charge is 0.323 e. The molecule has 0 aromatic carbocycles. The zero-order valence-electron chi connectivity index (χ0n) is 11.7. The first-order valence-corrected chi connectivity index (χ1v) is 7.07. The van der Waals surface area contributed by atoms with E-state index in [0.717, 1.165) is 6.07 Å². The Hall–Kier alpha value is -1.86. The van der Waals surface area contributed by atoms with Crippen LogP contribution >= 0.6 is 23.2 Å². The third-order valence-electron chi connectivity index (χ3n) is 2.86. The van der Waals surface area contributed by atoms with Crippen LogP contribution in [0.5, 0.6) is 0 Å². The molecule has 2 heterocycles. The van der Waals surface area contributed by atoms with Crippen molar-refractivity contribution >= 4 is 34.8 Å². The van der Waals surface area contributed by atoms with E-state index in [-0.39, 0.29) is 17.3 Å². The number of aromatic nitrogens is 2. The maximum Gasteiger partial charge on any atom is 0.418 e. The average molecular weight is 364 g/mol. The third kappa shape index (κ3) is 4.33. The van der Waals surface area contributed by atoms with Crippen molar-refractivity contribution < 1.29 is 18.0 Å². The predicted molar refractivity (Wildman–Crippen MR) is 80.6 cm³/mol. The van der Waals surface area contributed by atoms with Crippen LogP contribution < -0.4 is 5.32 Å². The van der Waals surface area contributed by atoms with Crippen molar-refractivity contribution in [2.75, 3.05) is 5.32 Å². The first kappa shape index (κ1) is 17.5. The zero-order chi connectivity index (χ0) is 17.2. The molecule has 0 atom stereocenters. The summed E-state index contributed by atoms with van der Waals surface area (Å²) in [6.45, 7) is 1.38. The Morgan fingerprint density at radius 3 is 2.61 bits per heavy atom. The van der Waals surface area contributed by atoms with Gasteiger partial charge in [-0.1, -0.05) is 29.3 Å². The quantitative estimate of drug-likeness (QED) is 0.827. The number of alkyl halides is 3. The first-order chi connectivity index (χ1) is 10.7. The minimum atomic E-state index is -4.67. The van der Waals surface area contributed by atoms with Gasteiger partial charge >= 0.3 is 6.18 Å². The number of carbonyl (C=O) groups is 1. The zero-order valence-corrected chi connectivity index (χ0v) is 13.2. The Labute approximate surface area is 139 Å². The van der Waals surface area contributed by atoms with Crippen LogP contribution in [-0.2, 0) is 17.4 Å². The molecular weight excluding hydrogens is 354 g/mol. The van der Waals surface area contributed by atoms with Gasteiger partial charge in [0.25, 0.3) is 0 Å². The van der Waals surface area contributed by atoms with Gasteiger partial charge in [-0.05, 0) is 24.6 Å². The summed E-state index contributed by atoms with van der Waals surface area (Å²) in [5.74, 6) is -0.710. The fourth-order valence-electron chi connectivity index (χ4n) is 1.89. The highest BCUT2D eigenvalue weighted by Crippen LogP contribution is 2.38. The van der Waals surface area contributed by atoms with Crippen molar-refractivity contribution in [3.05, 3.63) is 51.5 Å². The second kappa shape index (κ2) is 6.72. The summed E-state index contributed by atoms with van der Waals surface area (Å²) >= 11 is 11.6. The van der Waals surface area contributed by atoms with Crippen LogP contribution in [0.15, 0.2) is 24.4 Å². The molecule has 0 spiro atoms. The molecule has 4 nitrogen and oxygen atoms in total. The summed E-state index contributed by atoms with van der Waals surface area (Å²) in [6, 6.07) is 3.93. The molecule has 23 heavy (non-hydrogen) atoms. The molecule has 2 aromatic heterocycles. The molecule has 0 saturated heterocycles. The lowest BCUT2D eigenvalue weighted by Crippen LogP contribution is -2.19. The summed E-state index contributed by atoms with van der Waals surface area (Å²) in [5.41, 5.74) is -1.15. The number of pyridine rings is 2. The number of nitrogens with zero attached hydrogens (tertiary/aromatic N) is 2. The van der Waals surface area contributed by atoms with Gasteiger partial charge in [0.15, 0.2) is 5.15 Å². The van der Waals surface area contributed by atoms with Crippen molar-refractivity contribution in [2.24, 2.45) is 0 Å². The maximum atomic E-state index is 13.1. The average Bonchev–Trinajstić information content (AvgIpc) is 2.43. The third-order valence-corrected chi connectivity index (χ3v) is 3.47. The molecule has 0 unspecified atom stereocenters. The van der Waals surface area contributed by atoms with Crippen LogP contribution in [0.1, 0.15) is 16.8 Å². The van der Waals surface area contributed by atoms with Gasteiger partial charge in [0.2, 0.25) is 5.91 Å². The molecule has 1 amide bonds. The Bertz CT molecular complexity index is 751. The van der Waals surface area contributed by atoms with Gasteiger partial charge in [-0.25, -0.2) is 9.97 Å². The molecule has 1 N–H and O–H groups in total. The summed E-state index contributed by atoms with van der Waals surface area (Å²) in [4.78, 5) is 19.5. The van der Waals surface area contributed by atoms with Crippen LogP contribution in [0.4, 0.5) is 18.9 Å². The summed E-state index contributed by atoms with van der Waals surface area (Å²) in [6.07, 6.45) is -3.48. The van der Waals surface area contributed by atoms with Crippen molar-refractivity contribution in [3.63, 3.8) is 0 Å². The van der Waals surface area contributed by atoms with Gasteiger partial charge in [0, 0.05) is 11.9 Å². The second-order valence-corrected chi connectivity index (χ2v) is 5.37. The number of halogens is 5. The van der Waals surface area contributed by atoms with E-state index in [9.17, 15) is 18.0 Å². The molecule has 0 aliphatic rings. The largest absolute Gasteiger partial charge is 0.418 e. The number of hydrogen-bond acceptors (Lipinski definition) is 3. The Morgan fingerprint density at radius 1 is 1.30 bits per heavy atom. The van der Waals surface area contributed by atoms with Crippen LogP contribution in [0.3, 0.4) is 0 Å². The molecule has 0 radical (unpaired) electrons. The predicted octanol–water partition coefficient (Wildman–Crippen LogP) is 4.29. The normalized spacial score (nSPS) is 11.4. The molecule has 9 heteroatoms. The van der Waals surface area contributed by atoms with E-state index >= 15 is 0 Å². The van der Waals surface area contributed by atoms with E-state index in [4.69, 9.17) is 23.2 Å². The van der Waals surface area contributed by atoms with E-state index in [1.165, 1.54) is 13.1 Å². The van der Waals surface area contributed by atoms with Crippen LogP contribution in [-0.4, -0.2) is 15.9 Å². The minimum Gasteiger partial charge on any atom is -0.323 e. The highest BCUT2D eigenvalue weighted by molar-refractivity contribution is 6.33.